The third-order valence-electron chi connectivity index (χ3n) is 6.41. The van der Waals surface area contributed by atoms with Crippen LogP contribution in [0, 0.1) is 5.41 Å². The summed E-state index contributed by atoms with van der Waals surface area (Å²) in [4.78, 5) is 38.2. The SMILES string of the molecule is CC1(CNCc2cccc3c2CN(C2CCC(=O)NC2=O)C3=O)CNC(C)(C)C1. The first-order valence-corrected chi connectivity index (χ1v) is 10.4. The average molecular weight is 399 g/mol. The maximum Gasteiger partial charge on any atom is 0.255 e. The molecule has 4 rings (SSSR count). The summed E-state index contributed by atoms with van der Waals surface area (Å²) < 4.78 is 0. The van der Waals surface area contributed by atoms with Gasteiger partial charge in [-0.3, -0.25) is 19.7 Å². The number of nitrogens with zero attached hydrogens (tertiary/aromatic N) is 1. The van der Waals surface area contributed by atoms with Crippen molar-refractivity contribution in [2.75, 3.05) is 13.1 Å². The molecule has 7 nitrogen and oxygen atoms in total. The van der Waals surface area contributed by atoms with Crippen molar-refractivity contribution < 1.29 is 14.4 Å². The van der Waals surface area contributed by atoms with E-state index in [1.165, 1.54) is 0 Å². The maximum absolute atomic E-state index is 12.9. The molecule has 0 radical (unpaired) electrons. The van der Waals surface area contributed by atoms with Gasteiger partial charge in [-0.15, -0.1) is 0 Å². The smallest absolute Gasteiger partial charge is 0.255 e. The summed E-state index contributed by atoms with van der Waals surface area (Å²) in [5, 5.41) is 9.51. The van der Waals surface area contributed by atoms with Crippen molar-refractivity contribution in [3.63, 3.8) is 0 Å². The molecule has 0 aliphatic carbocycles. The van der Waals surface area contributed by atoms with E-state index in [1.807, 2.05) is 18.2 Å². The van der Waals surface area contributed by atoms with Crippen LogP contribution in [0.3, 0.4) is 0 Å². The number of nitrogens with one attached hydrogen (secondary N) is 3. The number of hydrogen-bond donors (Lipinski definition) is 3. The molecule has 2 fully saturated rings. The Bertz CT molecular complexity index is 866. The molecule has 1 aromatic rings. The molecule has 3 aliphatic heterocycles. The highest BCUT2D eigenvalue weighted by atomic mass is 16.2. The lowest BCUT2D eigenvalue weighted by Crippen LogP contribution is -2.52. The standard InChI is InChI=1S/C22H30N4O3/c1-21(2)11-22(3,13-24-21)12-23-9-14-5-4-6-15-16(14)10-26(20(15)29)17-7-8-18(27)25-19(17)28/h4-6,17,23-24H,7-13H2,1-3H3,(H,25,27,28). The van der Waals surface area contributed by atoms with E-state index in [4.69, 9.17) is 0 Å². The van der Waals surface area contributed by atoms with E-state index in [0.29, 0.717) is 25.1 Å². The third-order valence-corrected chi connectivity index (χ3v) is 6.41. The van der Waals surface area contributed by atoms with Gasteiger partial charge in [0.2, 0.25) is 11.8 Å². The number of benzene rings is 1. The van der Waals surface area contributed by atoms with Crippen LogP contribution in [0.25, 0.3) is 0 Å². The van der Waals surface area contributed by atoms with E-state index in [9.17, 15) is 14.4 Å². The fourth-order valence-electron chi connectivity index (χ4n) is 5.08. The van der Waals surface area contributed by atoms with Gasteiger partial charge >= 0.3 is 0 Å². The molecule has 2 atom stereocenters. The molecular formula is C22H30N4O3. The van der Waals surface area contributed by atoms with Crippen molar-refractivity contribution >= 4 is 17.7 Å². The van der Waals surface area contributed by atoms with Gasteiger partial charge in [0.25, 0.3) is 5.91 Å². The minimum atomic E-state index is -0.570. The molecule has 7 heteroatoms. The first kappa shape index (κ1) is 20.0. The van der Waals surface area contributed by atoms with Gasteiger partial charge in [-0.25, -0.2) is 0 Å². The highest BCUT2D eigenvalue weighted by molar-refractivity contribution is 6.05. The number of fused-ring (bicyclic) bond motifs is 1. The number of hydrogen-bond acceptors (Lipinski definition) is 5. The van der Waals surface area contributed by atoms with Crippen LogP contribution < -0.4 is 16.0 Å². The predicted octanol–water partition coefficient (Wildman–Crippen LogP) is 1.32. The quantitative estimate of drug-likeness (QED) is 0.651. The maximum atomic E-state index is 12.9. The molecule has 0 bridgehead atoms. The van der Waals surface area contributed by atoms with Crippen molar-refractivity contribution in [1.82, 2.24) is 20.9 Å². The Morgan fingerprint density at radius 3 is 2.69 bits per heavy atom. The van der Waals surface area contributed by atoms with Gasteiger partial charge in [0.1, 0.15) is 6.04 Å². The van der Waals surface area contributed by atoms with Crippen molar-refractivity contribution in [1.29, 1.82) is 0 Å². The van der Waals surface area contributed by atoms with Crippen LogP contribution >= 0.6 is 0 Å². The van der Waals surface area contributed by atoms with Crippen molar-refractivity contribution in [3.8, 4) is 0 Å². The Balaban J connectivity index is 1.43. The van der Waals surface area contributed by atoms with Crippen molar-refractivity contribution in [3.05, 3.63) is 34.9 Å². The highest BCUT2D eigenvalue weighted by Crippen LogP contribution is 2.34. The van der Waals surface area contributed by atoms with E-state index >= 15 is 0 Å². The van der Waals surface area contributed by atoms with Crippen LogP contribution in [0.4, 0.5) is 0 Å². The lowest BCUT2D eigenvalue weighted by molar-refractivity contribution is -0.136. The molecule has 156 valence electrons. The summed E-state index contributed by atoms with van der Waals surface area (Å²) in [6.45, 7) is 9.76. The first-order chi connectivity index (χ1) is 13.7. The fraction of sp³-hybridized carbons (Fsp3) is 0.591. The molecule has 2 unspecified atom stereocenters. The average Bonchev–Trinajstić information content (AvgIpc) is 3.12. The van der Waals surface area contributed by atoms with Gasteiger partial charge in [-0.1, -0.05) is 19.1 Å². The first-order valence-electron chi connectivity index (χ1n) is 10.4. The summed E-state index contributed by atoms with van der Waals surface area (Å²) in [6.07, 6.45) is 1.77. The number of piperidine rings is 1. The summed E-state index contributed by atoms with van der Waals surface area (Å²) >= 11 is 0. The van der Waals surface area contributed by atoms with Crippen LogP contribution in [-0.2, 0) is 22.7 Å². The molecule has 3 heterocycles. The molecule has 2 saturated heterocycles. The summed E-state index contributed by atoms with van der Waals surface area (Å²) in [5.41, 5.74) is 3.13. The fourth-order valence-corrected chi connectivity index (χ4v) is 5.08. The van der Waals surface area contributed by atoms with Crippen LogP contribution in [0.5, 0.6) is 0 Å². The Hall–Kier alpha value is -2.25. The summed E-state index contributed by atoms with van der Waals surface area (Å²) in [6, 6.07) is 5.22. The zero-order valence-electron chi connectivity index (χ0n) is 17.4. The lowest BCUT2D eigenvalue weighted by Gasteiger charge is -2.29. The number of carbonyl (C=O) groups excluding carboxylic acids is 3. The topological polar surface area (TPSA) is 90.5 Å². The minimum absolute atomic E-state index is 0.120. The molecular weight excluding hydrogens is 368 g/mol. The second-order valence-corrected chi connectivity index (χ2v) is 9.67. The zero-order valence-corrected chi connectivity index (χ0v) is 17.4. The summed E-state index contributed by atoms with van der Waals surface area (Å²) in [7, 11) is 0. The van der Waals surface area contributed by atoms with Gasteiger partial charge in [-0.2, -0.15) is 0 Å². The van der Waals surface area contributed by atoms with Gasteiger partial charge in [0.15, 0.2) is 0 Å². The van der Waals surface area contributed by atoms with Crippen LogP contribution in [0.15, 0.2) is 18.2 Å². The normalized spacial score (nSPS) is 28.6. The zero-order chi connectivity index (χ0) is 20.8. The Morgan fingerprint density at radius 1 is 1.21 bits per heavy atom. The molecule has 0 aromatic heterocycles. The molecule has 3 aliphatic rings. The van der Waals surface area contributed by atoms with E-state index in [-0.39, 0.29) is 35.1 Å². The van der Waals surface area contributed by atoms with Crippen LogP contribution in [0.2, 0.25) is 0 Å². The second-order valence-electron chi connectivity index (χ2n) is 9.67. The van der Waals surface area contributed by atoms with E-state index < -0.39 is 6.04 Å². The highest BCUT2D eigenvalue weighted by Gasteiger charge is 2.40. The molecule has 0 saturated carbocycles. The van der Waals surface area contributed by atoms with Crippen molar-refractivity contribution in [2.45, 2.75) is 64.7 Å². The van der Waals surface area contributed by atoms with Crippen LogP contribution in [0.1, 0.15) is 61.5 Å². The van der Waals surface area contributed by atoms with E-state index in [0.717, 1.165) is 30.6 Å². The molecule has 1 aromatic carbocycles. The summed E-state index contributed by atoms with van der Waals surface area (Å²) in [5.74, 6) is -0.755. The number of rotatable bonds is 5. The third kappa shape index (κ3) is 3.94. The lowest BCUT2D eigenvalue weighted by atomic mass is 9.84. The Labute approximate surface area is 171 Å². The number of carbonyl (C=O) groups is 3. The van der Waals surface area contributed by atoms with Gasteiger partial charge in [-0.05, 0) is 49.3 Å². The molecule has 3 amide bonds. The molecule has 0 spiro atoms. The monoisotopic (exact) mass is 398 g/mol. The molecule has 29 heavy (non-hydrogen) atoms. The van der Waals surface area contributed by atoms with Crippen LogP contribution in [-0.4, -0.2) is 47.3 Å². The van der Waals surface area contributed by atoms with Gasteiger partial charge < -0.3 is 15.5 Å². The Kier molecular flexibility index (Phi) is 4.99. The van der Waals surface area contributed by atoms with Gasteiger partial charge in [0.05, 0.1) is 0 Å². The molecule has 3 N–H and O–H groups in total. The Morgan fingerprint density at radius 2 is 2.00 bits per heavy atom. The number of imide groups is 1. The second kappa shape index (κ2) is 7.22. The largest absolute Gasteiger partial charge is 0.322 e. The van der Waals surface area contributed by atoms with Crippen molar-refractivity contribution in [2.24, 2.45) is 5.41 Å². The van der Waals surface area contributed by atoms with E-state index in [2.05, 4.69) is 36.7 Å². The number of amides is 3. The van der Waals surface area contributed by atoms with E-state index in [1.54, 1.807) is 4.90 Å². The minimum Gasteiger partial charge on any atom is -0.322 e. The van der Waals surface area contributed by atoms with Gasteiger partial charge in [0, 0.05) is 43.7 Å². The predicted molar refractivity (Wildman–Crippen MR) is 109 cm³/mol.